The summed E-state index contributed by atoms with van der Waals surface area (Å²) in [6, 6.07) is 15.4. The van der Waals surface area contributed by atoms with E-state index >= 15 is 0 Å². The molecule has 0 unspecified atom stereocenters. The van der Waals surface area contributed by atoms with E-state index in [0.717, 1.165) is 54.3 Å². The molecule has 0 N–H and O–H groups in total. The van der Waals surface area contributed by atoms with Gasteiger partial charge in [-0.25, -0.2) is 13.4 Å². The third kappa shape index (κ3) is 5.11. The first kappa shape index (κ1) is 22.7. The molecule has 0 radical (unpaired) electrons. The lowest BCUT2D eigenvalue weighted by atomic mass is 10.0. The number of hydrogen-bond donors (Lipinski definition) is 0. The number of benzene rings is 2. The Morgan fingerprint density at radius 2 is 1.69 bits per heavy atom. The van der Waals surface area contributed by atoms with Crippen molar-refractivity contribution in [3.63, 3.8) is 0 Å². The smallest absolute Gasteiger partial charge is 0.226 e. The van der Waals surface area contributed by atoms with Gasteiger partial charge < -0.3 is 9.15 Å². The zero-order valence-corrected chi connectivity index (χ0v) is 19.7. The van der Waals surface area contributed by atoms with Crippen molar-refractivity contribution >= 4 is 9.84 Å². The molecule has 7 heteroatoms. The number of oxazole rings is 1. The van der Waals surface area contributed by atoms with Crippen LogP contribution in [0.4, 0.5) is 0 Å². The average Bonchev–Trinajstić information content (AvgIpc) is 3.38. The van der Waals surface area contributed by atoms with Crippen molar-refractivity contribution in [3.8, 4) is 22.6 Å². The summed E-state index contributed by atoms with van der Waals surface area (Å²) < 4.78 is 34.6. The third-order valence-electron chi connectivity index (χ3n) is 6.13. The first-order chi connectivity index (χ1) is 15.3. The third-order valence-corrected chi connectivity index (χ3v) is 7.26. The van der Waals surface area contributed by atoms with E-state index in [2.05, 4.69) is 4.90 Å². The Morgan fingerprint density at radius 3 is 2.31 bits per heavy atom. The molecule has 1 fully saturated rings. The summed E-state index contributed by atoms with van der Waals surface area (Å²) >= 11 is 0. The van der Waals surface area contributed by atoms with Gasteiger partial charge in [-0.2, -0.15) is 0 Å². The van der Waals surface area contributed by atoms with E-state index in [4.69, 9.17) is 14.1 Å². The van der Waals surface area contributed by atoms with Gasteiger partial charge in [-0.15, -0.1) is 0 Å². The standard InChI is InChI=1S/C25H30N2O4S/c1-18-24(14-16-27-15-4-5-22(27)17-30-2)26-25(31-18)21-8-6-19(7-9-21)20-10-12-23(13-11-20)32(3,28)29/h6-13,22H,4-5,14-17H2,1-3H3/t22-/m0/s1. The summed E-state index contributed by atoms with van der Waals surface area (Å²) in [6.45, 7) is 4.83. The Balaban J connectivity index is 1.44. The number of rotatable bonds is 8. The highest BCUT2D eigenvalue weighted by atomic mass is 32.2. The summed E-state index contributed by atoms with van der Waals surface area (Å²) in [5, 5.41) is 0. The number of methoxy groups -OCH3 is 1. The van der Waals surface area contributed by atoms with Gasteiger partial charge in [0.05, 0.1) is 17.2 Å². The highest BCUT2D eigenvalue weighted by Crippen LogP contribution is 2.27. The highest BCUT2D eigenvalue weighted by Gasteiger charge is 2.24. The van der Waals surface area contributed by atoms with E-state index in [9.17, 15) is 8.42 Å². The lowest BCUT2D eigenvalue weighted by molar-refractivity contribution is 0.116. The Hall–Kier alpha value is -2.48. The Labute approximate surface area is 190 Å². The van der Waals surface area contributed by atoms with Crippen molar-refractivity contribution in [1.82, 2.24) is 9.88 Å². The molecule has 0 aliphatic carbocycles. The zero-order valence-electron chi connectivity index (χ0n) is 18.9. The number of sulfone groups is 1. The van der Waals surface area contributed by atoms with E-state index < -0.39 is 9.84 Å². The minimum Gasteiger partial charge on any atom is -0.441 e. The average molecular weight is 455 g/mol. The molecule has 0 spiro atoms. The van der Waals surface area contributed by atoms with Crippen LogP contribution in [0.25, 0.3) is 22.6 Å². The first-order valence-electron chi connectivity index (χ1n) is 11.0. The summed E-state index contributed by atoms with van der Waals surface area (Å²) in [5.74, 6) is 1.49. The Bertz CT molecular complexity index is 1150. The topological polar surface area (TPSA) is 72.6 Å². The summed E-state index contributed by atoms with van der Waals surface area (Å²) in [7, 11) is -1.43. The van der Waals surface area contributed by atoms with Crippen molar-refractivity contribution in [3.05, 3.63) is 60.0 Å². The monoisotopic (exact) mass is 454 g/mol. The summed E-state index contributed by atoms with van der Waals surface area (Å²) in [5.41, 5.74) is 3.90. The van der Waals surface area contributed by atoms with E-state index in [1.54, 1.807) is 19.2 Å². The van der Waals surface area contributed by atoms with E-state index in [-0.39, 0.29) is 0 Å². The molecule has 2 heterocycles. The number of ether oxygens (including phenoxy) is 1. The molecule has 1 atom stereocenters. The predicted molar refractivity (Wildman–Crippen MR) is 125 cm³/mol. The number of hydrogen-bond acceptors (Lipinski definition) is 6. The van der Waals surface area contributed by atoms with Gasteiger partial charge in [-0.3, -0.25) is 4.90 Å². The van der Waals surface area contributed by atoms with Gasteiger partial charge in [0, 0.05) is 37.9 Å². The fourth-order valence-corrected chi connectivity index (χ4v) is 4.93. The molecular formula is C25H30N2O4S. The SMILES string of the molecule is COC[C@@H]1CCCN1CCc1nc(-c2ccc(-c3ccc(S(C)(=O)=O)cc3)cc2)oc1C. The van der Waals surface area contributed by atoms with Crippen LogP contribution in [0.5, 0.6) is 0 Å². The van der Waals surface area contributed by atoms with E-state index in [1.807, 2.05) is 43.3 Å². The predicted octanol–water partition coefficient (Wildman–Crippen LogP) is 4.37. The van der Waals surface area contributed by atoms with Crippen LogP contribution in [-0.4, -0.2) is 57.4 Å². The summed E-state index contributed by atoms with van der Waals surface area (Å²) in [6.07, 6.45) is 4.49. The maximum absolute atomic E-state index is 11.7. The number of aryl methyl sites for hydroxylation is 1. The minimum atomic E-state index is -3.19. The second-order valence-corrected chi connectivity index (χ2v) is 10.4. The fraction of sp³-hybridized carbons (Fsp3) is 0.400. The van der Waals surface area contributed by atoms with Crippen LogP contribution in [-0.2, 0) is 21.0 Å². The van der Waals surface area contributed by atoms with Crippen LogP contribution in [0.1, 0.15) is 24.3 Å². The molecule has 0 saturated carbocycles. The molecular weight excluding hydrogens is 424 g/mol. The van der Waals surface area contributed by atoms with Gasteiger partial charge in [-0.05, 0) is 61.7 Å². The lowest BCUT2D eigenvalue weighted by Crippen LogP contribution is -2.34. The number of nitrogens with zero attached hydrogens (tertiary/aromatic N) is 2. The normalized spacial score (nSPS) is 17.2. The van der Waals surface area contributed by atoms with Crippen molar-refractivity contribution in [2.75, 3.05) is 33.1 Å². The molecule has 0 amide bonds. The van der Waals surface area contributed by atoms with Crippen molar-refractivity contribution in [2.24, 2.45) is 0 Å². The molecule has 1 aromatic heterocycles. The quantitative estimate of drug-likeness (QED) is 0.503. The fourth-order valence-electron chi connectivity index (χ4n) is 4.30. The van der Waals surface area contributed by atoms with E-state index in [0.29, 0.717) is 16.8 Å². The highest BCUT2D eigenvalue weighted by molar-refractivity contribution is 7.90. The van der Waals surface area contributed by atoms with Crippen molar-refractivity contribution < 1.29 is 17.6 Å². The van der Waals surface area contributed by atoms with Gasteiger partial charge >= 0.3 is 0 Å². The molecule has 170 valence electrons. The molecule has 1 aliphatic rings. The first-order valence-corrected chi connectivity index (χ1v) is 12.8. The van der Waals surface area contributed by atoms with Gasteiger partial charge in [0.25, 0.3) is 0 Å². The molecule has 4 rings (SSSR count). The second kappa shape index (κ2) is 9.57. The molecule has 2 aromatic carbocycles. The largest absolute Gasteiger partial charge is 0.441 e. The Kier molecular flexibility index (Phi) is 6.79. The van der Waals surface area contributed by atoms with Crippen molar-refractivity contribution in [1.29, 1.82) is 0 Å². The summed E-state index contributed by atoms with van der Waals surface area (Å²) in [4.78, 5) is 7.57. The second-order valence-electron chi connectivity index (χ2n) is 8.43. The molecule has 6 nitrogen and oxygen atoms in total. The van der Waals surface area contributed by atoms with Crippen molar-refractivity contribution in [2.45, 2.75) is 37.1 Å². The molecule has 3 aromatic rings. The van der Waals surface area contributed by atoms with Crippen LogP contribution in [0.15, 0.2) is 57.8 Å². The van der Waals surface area contributed by atoms with Crippen LogP contribution >= 0.6 is 0 Å². The van der Waals surface area contributed by atoms with Crippen LogP contribution in [0.2, 0.25) is 0 Å². The Morgan fingerprint density at radius 1 is 1.06 bits per heavy atom. The maximum atomic E-state index is 11.7. The van der Waals surface area contributed by atoms with Gasteiger partial charge in [0.2, 0.25) is 5.89 Å². The molecule has 1 aliphatic heterocycles. The number of aromatic nitrogens is 1. The molecule has 32 heavy (non-hydrogen) atoms. The maximum Gasteiger partial charge on any atom is 0.226 e. The van der Waals surface area contributed by atoms with Gasteiger partial charge in [0.15, 0.2) is 9.84 Å². The van der Waals surface area contributed by atoms with Crippen LogP contribution < -0.4 is 0 Å². The molecule has 1 saturated heterocycles. The van der Waals surface area contributed by atoms with Crippen LogP contribution in [0.3, 0.4) is 0 Å². The lowest BCUT2D eigenvalue weighted by Gasteiger charge is -2.23. The van der Waals surface area contributed by atoms with Crippen LogP contribution in [0, 0.1) is 6.92 Å². The van der Waals surface area contributed by atoms with E-state index in [1.165, 1.54) is 19.1 Å². The van der Waals surface area contributed by atoms with Gasteiger partial charge in [-0.1, -0.05) is 24.3 Å². The zero-order chi connectivity index (χ0) is 22.7. The molecule has 0 bridgehead atoms. The number of likely N-dealkylation sites (tertiary alicyclic amines) is 1. The van der Waals surface area contributed by atoms with Gasteiger partial charge in [0.1, 0.15) is 5.76 Å². The minimum absolute atomic E-state index is 0.322.